The summed E-state index contributed by atoms with van der Waals surface area (Å²) in [5.74, 6) is 0.689. The van der Waals surface area contributed by atoms with Gasteiger partial charge in [0.15, 0.2) is 0 Å². The maximum absolute atomic E-state index is 12.4. The van der Waals surface area contributed by atoms with Crippen molar-refractivity contribution in [3.63, 3.8) is 0 Å². The Bertz CT molecular complexity index is 735. The zero-order valence-corrected chi connectivity index (χ0v) is 14.1. The Morgan fingerprint density at radius 3 is 2.61 bits per heavy atom. The van der Waals surface area contributed by atoms with Crippen LogP contribution >= 0.6 is 11.8 Å². The molecule has 0 atom stereocenters. The number of benzene rings is 1. The summed E-state index contributed by atoms with van der Waals surface area (Å²) in [5, 5.41) is 19.4. The first-order chi connectivity index (χ1) is 10.9. The Labute approximate surface area is 140 Å². The zero-order valence-electron chi connectivity index (χ0n) is 13.3. The van der Waals surface area contributed by atoms with Crippen LogP contribution in [-0.2, 0) is 4.74 Å². The van der Waals surface area contributed by atoms with Gasteiger partial charge in [0.25, 0.3) is 0 Å². The van der Waals surface area contributed by atoms with E-state index >= 15 is 0 Å². The van der Waals surface area contributed by atoms with E-state index in [4.69, 9.17) is 4.74 Å². The van der Waals surface area contributed by atoms with Crippen LogP contribution in [0.5, 0.6) is 0 Å². The number of rotatable bonds is 1. The summed E-state index contributed by atoms with van der Waals surface area (Å²) >= 11 is 1.42. The normalized spacial score (nSPS) is 16.5. The number of carbonyl (C=O) groups is 1. The van der Waals surface area contributed by atoms with E-state index in [0.29, 0.717) is 34.0 Å². The second-order valence-electron chi connectivity index (χ2n) is 5.93. The standard InChI is InChI=1S/C17H17N3O2S/c1-17(2,3)22-16(21)20-8-9-23-15(20)14(11-19)13-7-5-4-6-12(13)10-18/h4-7H,8-9H2,1-3H3/b15-14-. The van der Waals surface area contributed by atoms with E-state index < -0.39 is 11.7 Å². The van der Waals surface area contributed by atoms with Gasteiger partial charge in [-0.1, -0.05) is 18.2 Å². The third-order valence-corrected chi connectivity index (χ3v) is 4.14. The van der Waals surface area contributed by atoms with Crippen LogP contribution in [0.4, 0.5) is 4.79 Å². The van der Waals surface area contributed by atoms with E-state index in [0.717, 1.165) is 0 Å². The van der Waals surface area contributed by atoms with Crippen molar-refractivity contribution in [1.29, 1.82) is 10.5 Å². The van der Waals surface area contributed by atoms with Crippen molar-refractivity contribution in [2.24, 2.45) is 0 Å². The summed E-state index contributed by atoms with van der Waals surface area (Å²) in [6, 6.07) is 11.1. The first-order valence-corrected chi connectivity index (χ1v) is 8.13. The molecule has 1 saturated heterocycles. The smallest absolute Gasteiger partial charge is 0.415 e. The summed E-state index contributed by atoms with van der Waals surface area (Å²) in [4.78, 5) is 13.8. The largest absolute Gasteiger partial charge is 0.443 e. The molecule has 1 amide bonds. The molecule has 1 aliphatic heterocycles. The highest BCUT2D eigenvalue weighted by molar-refractivity contribution is 8.03. The van der Waals surface area contributed by atoms with Crippen molar-refractivity contribution in [1.82, 2.24) is 4.90 Å². The summed E-state index contributed by atoms with van der Waals surface area (Å²) < 4.78 is 5.40. The molecule has 1 fully saturated rings. The van der Waals surface area contributed by atoms with E-state index in [1.54, 1.807) is 45.0 Å². The highest BCUT2D eigenvalue weighted by Gasteiger charge is 2.31. The highest BCUT2D eigenvalue weighted by Crippen LogP contribution is 2.36. The fraction of sp³-hybridized carbons (Fsp3) is 0.353. The SMILES string of the molecule is CC(C)(C)OC(=O)N1CCS/C1=C(/C#N)c1ccccc1C#N. The highest BCUT2D eigenvalue weighted by atomic mass is 32.2. The first-order valence-electron chi connectivity index (χ1n) is 7.14. The van der Waals surface area contributed by atoms with Crippen LogP contribution in [0.3, 0.4) is 0 Å². The fourth-order valence-corrected chi connectivity index (χ4v) is 3.22. The molecule has 0 N–H and O–H groups in total. The molecule has 1 aromatic rings. The summed E-state index contributed by atoms with van der Waals surface area (Å²) in [6.07, 6.45) is -0.473. The van der Waals surface area contributed by atoms with Crippen molar-refractivity contribution in [3.8, 4) is 12.1 Å². The van der Waals surface area contributed by atoms with E-state index in [1.807, 2.05) is 0 Å². The van der Waals surface area contributed by atoms with Crippen LogP contribution in [0.1, 0.15) is 31.9 Å². The quantitative estimate of drug-likeness (QED) is 0.734. The van der Waals surface area contributed by atoms with E-state index in [1.165, 1.54) is 16.7 Å². The molecule has 1 aromatic carbocycles. The molecular weight excluding hydrogens is 310 g/mol. The lowest BCUT2D eigenvalue weighted by molar-refractivity contribution is 0.0346. The van der Waals surface area contributed by atoms with Crippen LogP contribution in [0, 0.1) is 22.7 Å². The van der Waals surface area contributed by atoms with Gasteiger partial charge < -0.3 is 4.74 Å². The number of nitriles is 2. The van der Waals surface area contributed by atoms with Crippen molar-refractivity contribution < 1.29 is 9.53 Å². The van der Waals surface area contributed by atoms with Crippen molar-refractivity contribution in [2.45, 2.75) is 26.4 Å². The molecule has 2 rings (SSSR count). The molecule has 6 heteroatoms. The Hall–Kier alpha value is -2.44. The maximum Gasteiger partial charge on any atom is 0.415 e. The average molecular weight is 327 g/mol. The van der Waals surface area contributed by atoms with Gasteiger partial charge in [-0.3, -0.25) is 4.90 Å². The van der Waals surface area contributed by atoms with E-state index in [-0.39, 0.29) is 0 Å². The number of hydrogen-bond donors (Lipinski definition) is 0. The number of ether oxygens (including phenoxy) is 1. The number of carbonyl (C=O) groups excluding carboxylic acids is 1. The molecule has 0 radical (unpaired) electrons. The van der Waals surface area contributed by atoms with Gasteiger partial charge in [0.1, 0.15) is 11.7 Å². The van der Waals surface area contributed by atoms with Crippen LogP contribution in [0.25, 0.3) is 5.57 Å². The number of thioether (sulfide) groups is 1. The predicted molar refractivity (Wildman–Crippen MR) is 89.1 cm³/mol. The number of allylic oxidation sites excluding steroid dienone is 1. The maximum atomic E-state index is 12.4. The van der Waals surface area contributed by atoms with Gasteiger partial charge >= 0.3 is 6.09 Å². The lowest BCUT2D eigenvalue weighted by atomic mass is 10.0. The van der Waals surface area contributed by atoms with Gasteiger partial charge in [0, 0.05) is 17.9 Å². The van der Waals surface area contributed by atoms with E-state index in [9.17, 15) is 15.3 Å². The van der Waals surface area contributed by atoms with Gasteiger partial charge in [-0.2, -0.15) is 10.5 Å². The Kier molecular flexibility index (Phi) is 4.98. The molecule has 118 valence electrons. The molecule has 0 saturated carbocycles. The number of hydrogen-bond acceptors (Lipinski definition) is 5. The molecule has 1 aliphatic rings. The van der Waals surface area contributed by atoms with Crippen LogP contribution in [0.15, 0.2) is 29.3 Å². The average Bonchev–Trinajstić information content (AvgIpc) is 2.96. The van der Waals surface area contributed by atoms with Gasteiger partial charge in [-0.05, 0) is 26.8 Å². The summed E-state index contributed by atoms with van der Waals surface area (Å²) in [6.45, 7) is 5.88. The first kappa shape index (κ1) is 16.9. The third kappa shape index (κ3) is 3.85. The Morgan fingerprint density at radius 2 is 2.00 bits per heavy atom. The van der Waals surface area contributed by atoms with Crippen molar-refractivity contribution in [2.75, 3.05) is 12.3 Å². The van der Waals surface area contributed by atoms with Gasteiger partial charge in [0.2, 0.25) is 0 Å². The molecule has 0 spiro atoms. The Morgan fingerprint density at radius 1 is 1.30 bits per heavy atom. The molecular formula is C17H17N3O2S. The predicted octanol–water partition coefficient (Wildman–Crippen LogP) is 3.73. The lowest BCUT2D eigenvalue weighted by Crippen LogP contribution is -2.34. The zero-order chi connectivity index (χ0) is 17.0. The van der Waals surface area contributed by atoms with Crippen LogP contribution < -0.4 is 0 Å². The van der Waals surface area contributed by atoms with Crippen molar-refractivity contribution >= 4 is 23.4 Å². The summed E-state index contributed by atoms with van der Waals surface area (Å²) in [5.41, 5.74) is 0.673. The fourth-order valence-electron chi connectivity index (χ4n) is 2.13. The molecule has 0 aromatic heterocycles. The summed E-state index contributed by atoms with van der Waals surface area (Å²) in [7, 11) is 0. The molecule has 23 heavy (non-hydrogen) atoms. The van der Waals surface area contributed by atoms with Crippen molar-refractivity contribution in [3.05, 3.63) is 40.4 Å². The monoisotopic (exact) mass is 327 g/mol. The third-order valence-electron chi connectivity index (χ3n) is 3.06. The van der Waals surface area contributed by atoms with Gasteiger partial charge in [0.05, 0.1) is 22.2 Å². The number of amides is 1. The molecule has 0 bridgehead atoms. The molecule has 5 nitrogen and oxygen atoms in total. The minimum absolute atomic E-state index is 0.329. The molecule has 0 aliphatic carbocycles. The lowest BCUT2D eigenvalue weighted by Gasteiger charge is -2.25. The minimum atomic E-state index is -0.604. The topological polar surface area (TPSA) is 77.1 Å². The van der Waals surface area contributed by atoms with Crippen LogP contribution in [-0.4, -0.2) is 28.9 Å². The second kappa shape index (κ2) is 6.76. The molecule has 1 heterocycles. The van der Waals surface area contributed by atoms with E-state index in [2.05, 4.69) is 12.1 Å². The van der Waals surface area contributed by atoms with Gasteiger partial charge in [-0.25, -0.2) is 4.79 Å². The minimum Gasteiger partial charge on any atom is -0.443 e. The second-order valence-corrected chi connectivity index (χ2v) is 7.01. The molecule has 0 unspecified atom stereocenters. The Balaban J connectivity index is 2.46. The van der Waals surface area contributed by atoms with Gasteiger partial charge in [-0.15, -0.1) is 11.8 Å². The number of nitrogens with zero attached hydrogens (tertiary/aromatic N) is 3. The van der Waals surface area contributed by atoms with Crippen LogP contribution in [0.2, 0.25) is 0 Å².